The smallest absolute Gasteiger partial charge is 0.237 e. The standard InChI is InChI=1S/C14H25ClN4O/c1-8(2)17-14(6,13(16)20)7-9(3)19-11(5)12(15)10(4)18-19/h8-9,17H,7H2,1-6H3,(H2,16,20). The number of nitrogens with zero attached hydrogens (tertiary/aromatic N) is 2. The van der Waals surface area contributed by atoms with Crippen molar-refractivity contribution in [3.63, 3.8) is 0 Å². The van der Waals surface area contributed by atoms with E-state index in [2.05, 4.69) is 10.4 Å². The summed E-state index contributed by atoms with van der Waals surface area (Å²) >= 11 is 6.17. The third-order valence-electron chi connectivity index (χ3n) is 3.51. The molecule has 1 heterocycles. The van der Waals surface area contributed by atoms with E-state index in [-0.39, 0.29) is 18.0 Å². The van der Waals surface area contributed by atoms with Gasteiger partial charge in [0.05, 0.1) is 28.0 Å². The summed E-state index contributed by atoms with van der Waals surface area (Å²) < 4.78 is 1.86. The summed E-state index contributed by atoms with van der Waals surface area (Å²) in [6.07, 6.45) is 0.554. The van der Waals surface area contributed by atoms with Crippen LogP contribution in [-0.2, 0) is 4.79 Å². The van der Waals surface area contributed by atoms with E-state index in [9.17, 15) is 4.79 Å². The zero-order chi connectivity index (χ0) is 15.7. The van der Waals surface area contributed by atoms with Crippen LogP contribution in [0.2, 0.25) is 5.02 Å². The predicted octanol–water partition coefficient (Wildman–Crippen LogP) is 2.35. The van der Waals surface area contributed by atoms with Gasteiger partial charge in [-0.3, -0.25) is 9.48 Å². The molecule has 0 aliphatic carbocycles. The van der Waals surface area contributed by atoms with Gasteiger partial charge in [-0.1, -0.05) is 11.6 Å². The zero-order valence-corrected chi connectivity index (χ0v) is 13.9. The molecule has 1 amide bonds. The molecule has 0 saturated heterocycles. The van der Waals surface area contributed by atoms with Gasteiger partial charge in [-0.25, -0.2) is 0 Å². The molecule has 1 rings (SSSR count). The molecule has 0 aromatic carbocycles. The van der Waals surface area contributed by atoms with Crippen molar-refractivity contribution in [3.8, 4) is 0 Å². The number of aromatic nitrogens is 2. The van der Waals surface area contributed by atoms with Gasteiger partial charge < -0.3 is 11.1 Å². The maximum absolute atomic E-state index is 11.8. The molecular formula is C14H25ClN4O. The second-order valence-corrected chi connectivity index (χ2v) is 6.36. The number of carbonyl (C=O) groups is 1. The van der Waals surface area contributed by atoms with Crippen molar-refractivity contribution in [3.05, 3.63) is 16.4 Å². The van der Waals surface area contributed by atoms with E-state index >= 15 is 0 Å². The molecule has 20 heavy (non-hydrogen) atoms. The van der Waals surface area contributed by atoms with E-state index in [0.717, 1.165) is 11.4 Å². The highest BCUT2D eigenvalue weighted by atomic mass is 35.5. The maximum Gasteiger partial charge on any atom is 0.237 e. The van der Waals surface area contributed by atoms with E-state index in [1.54, 1.807) is 0 Å². The van der Waals surface area contributed by atoms with Crippen LogP contribution in [-0.4, -0.2) is 27.3 Å². The molecule has 2 atom stereocenters. The quantitative estimate of drug-likeness (QED) is 0.847. The van der Waals surface area contributed by atoms with Gasteiger partial charge in [0.1, 0.15) is 0 Å². The first-order valence-electron chi connectivity index (χ1n) is 6.87. The molecule has 0 aliphatic heterocycles. The highest BCUT2D eigenvalue weighted by molar-refractivity contribution is 6.31. The van der Waals surface area contributed by atoms with Crippen LogP contribution in [0, 0.1) is 13.8 Å². The molecule has 0 fully saturated rings. The third kappa shape index (κ3) is 3.52. The lowest BCUT2D eigenvalue weighted by atomic mass is 9.92. The van der Waals surface area contributed by atoms with Crippen molar-refractivity contribution in [2.75, 3.05) is 0 Å². The second kappa shape index (κ2) is 6.14. The maximum atomic E-state index is 11.8. The van der Waals surface area contributed by atoms with Gasteiger partial charge in [0.25, 0.3) is 0 Å². The number of hydrogen-bond donors (Lipinski definition) is 2. The summed E-state index contributed by atoms with van der Waals surface area (Å²) in [6, 6.07) is 0.189. The van der Waals surface area contributed by atoms with Crippen molar-refractivity contribution in [1.29, 1.82) is 0 Å². The summed E-state index contributed by atoms with van der Waals surface area (Å²) in [6.45, 7) is 11.6. The molecule has 0 aliphatic rings. The van der Waals surface area contributed by atoms with Crippen LogP contribution < -0.4 is 11.1 Å². The Hall–Kier alpha value is -1.07. The van der Waals surface area contributed by atoms with Crippen molar-refractivity contribution < 1.29 is 4.79 Å². The Balaban J connectivity index is 2.99. The molecule has 1 aromatic rings. The SMILES string of the molecule is Cc1nn(C(C)CC(C)(NC(C)C)C(N)=O)c(C)c1Cl. The molecule has 3 N–H and O–H groups in total. The number of nitrogens with one attached hydrogen (secondary N) is 1. The lowest BCUT2D eigenvalue weighted by Crippen LogP contribution is -2.56. The summed E-state index contributed by atoms with van der Waals surface area (Å²) in [4.78, 5) is 11.8. The number of halogens is 1. The number of hydrogen-bond acceptors (Lipinski definition) is 3. The van der Waals surface area contributed by atoms with Crippen LogP contribution in [0.3, 0.4) is 0 Å². The van der Waals surface area contributed by atoms with Gasteiger partial charge in [0.15, 0.2) is 0 Å². The zero-order valence-electron chi connectivity index (χ0n) is 13.1. The summed E-state index contributed by atoms with van der Waals surface area (Å²) in [5.74, 6) is -0.356. The Morgan fingerprint density at radius 2 is 2.00 bits per heavy atom. The number of aryl methyl sites for hydroxylation is 1. The Kier molecular flexibility index (Phi) is 5.21. The molecule has 0 bridgehead atoms. The van der Waals surface area contributed by atoms with Crippen LogP contribution in [0.5, 0.6) is 0 Å². The average molecular weight is 301 g/mol. The lowest BCUT2D eigenvalue weighted by molar-refractivity contribution is -0.124. The van der Waals surface area contributed by atoms with Crippen molar-refractivity contribution in [2.24, 2.45) is 5.73 Å². The summed E-state index contributed by atoms with van der Waals surface area (Å²) in [5, 5.41) is 8.36. The second-order valence-electron chi connectivity index (χ2n) is 5.98. The number of primary amides is 1. The normalized spacial score (nSPS) is 16.2. The average Bonchev–Trinajstić information content (AvgIpc) is 2.55. The predicted molar refractivity (Wildman–Crippen MR) is 81.9 cm³/mol. The van der Waals surface area contributed by atoms with Crippen molar-refractivity contribution in [1.82, 2.24) is 15.1 Å². The number of rotatable bonds is 6. The Morgan fingerprint density at radius 1 is 1.45 bits per heavy atom. The fourth-order valence-electron chi connectivity index (χ4n) is 2.62. The molecule has 2 unspecified atom stereocenters. The van der Waals surface area contributed by atoms with E-state index < -0.39 is 5.54 Å². The monoisotopic (exact) mass is 300 g/mol. The fourth-order valence-corrected chi connectivity index (χ4v) is 2.74. The van der Waals surface area contributed by atoms with Crippen LogP contribution in [0.15, 0.2) is 0 Å². The Bertz CT molecular complexity index is 498. The highest BCUT2D eigenvalue weighted by Crippen LogP contribution is 2.27. The minimum absolute atomic E-state index is 0.0185. The number of nitrogens with two attached hydrogens (primary N) is 1. The first-order valence-corrected chi connectivity index (χ1v) is 7.25. The largest absolute Gasteiger partial charge is 0.368 e. The van der Waals surface area contributed by atoms with Crippen molar-refractivity contribution >= 4 is 17.5 Å². The first-order chi connectivity index (χ1) is 9.08. The Morgan fingerprint density at radius 3 is 2.35 bits per heavy atom. The van der Waals surface area contributed by atoms with Gasteiger partial charge >= 0.3 is 0 Å². The lowest BCUT2D eigenvalue weighted by Gasteiger charge is -2.32. The van der Waals surface area contributed by atoms with E-state index in [0.29, 0.717) is 11.4 Å². The van der Waals surface area contributed by atoms with Crippen LogP contribution in [0.25, 0.3) is 0 Å². The summed E-state index contributed by atoms with van der Waals surface area (Å²) in [7, 11) is 0. The molecule has 5 nitrogen and oxygen atoms in total. The molecule has 0 saturated carbocycles. The van der Waals surface area contributed by atoms with Gasteiger partial charge in [-0.15, -0.1) is 0 Å². The number of amides is 1. The van der Waals surface area contributed by atoms with Gasteiger partial charge in [0, 0.05) is 6.04 Å². The first kappa shape index (κ1) is 17.0. The number of carbonyl (C=O) groups excluding carboxylic acids is 1. The van der Waals surface area contributed by atoms with Crippen LogP contribution in [0.4, 0.5) is 0 Å². The molecule has 6 heteroatoms. The molecule has 1 aromatic heterocycles. The van der Waals surface area contributed by atoms with E-state index in [1.165, 1.54) is 0 Å². The van der Waals surface area contributed by atoms with Gasteiger partial charge in [-0.05, 0) is 48.0 Å². The minimum atomic E-state index is -0.771. The molecule has 0 spiro atoms. The van der Waals surface area contributed by atoms with Crippen LogP contribution in [0.1, 0.15) is 51.5 Å². The van der Waals surface area contributed by atoms with Gasteiger partial charge in [-0.2, -0.15) is 5.10 Å². The van der Waals surface area contributed by atoms with Crippen LogP contribution >= 0.6 is 11.6 Å². The van der Waals surface area contributed by atoms with Gasteiger partial charge in [0.2, 0.25) is 5.91 Å². The Labute approximate surface area is 125 Å². The fraction of sp³-hybridized carbons (Fsp3) is 0.714. The highest BCUT2D eigenvalue weighted by Gasteiger charge is 2.34. The third-order valence-corrected chi connectivity index (χ3v) is 4.06. The molecule has 114 valence electrons. The summed E-state index contributed by atoms with van der Waals surface area (Å²) in [5.41, 5.74) is 6.50. The van der Waals surface area contributed by atoms with Crippen molar-refractivity contribution in [2.45, 2.75) is 65.6 Å². The minimum Gasteiger partial charge on any atom is -0.368 e. The molecule has 0 radical (unpaired) electrons. The van der Waals surface area contributed by atoms with E-state index in [1.807, 2.05) is 46.2 Å². The van der Waals surface area contributed by atoms with E-state index in [4.69, 9.17) is 17.3 Å². The topological polar surface area (TPSA) is 72.9 Å². The molecular weight excluding hydrogens is 276 g/mol.